The Morgan fingerprint density at radius 2 is 1.77 bits per heavy atom. The molecule has 0 saturated carbocycles. The zero-order chi connectivity index (χ0) is 22.0. The van der Waals surface area contributed by atoms with Gasteiger partial charge >= 0.3 is 0 Å². The van der Waals surface area contributed by atoms with E-state index >= 15 is 0 Å². The molecule has 0 bridgehead atoms. The molecule has 0 spiro atoms. The number of benzene rings is 2. The summed E-state index contributed by atoms with van der Waals surface area (Å²) < 4.78 is 2.04. The molecule has 0 unspecified atom stereocenters. The monoisotopic (exact) mass is 414 g/mol. The van der Waals surface area contributed by atoms with Gasteiger partial charge in [-0.3, -0.25) is 14.5 Å². The molecule has 1 aliphatic rings. The molecule has 4 rings (SSSR count). The molecule has 1 aromatic heterocycles. The molecule has 3 aromatic rings. The Kier molecular flexibility index (Phi) is 5.88. The van der Waals surface area contributed by atoms with Crippen LogP contribution in [0.4, 0.5) is 5.69 Å². The fraction of sp³-hybridized carbons (Fsp3) is 0.320. The van der Waals surface area contributed by atoms with Gasteiger partial charge in [0.05, 0.1) is 25.1 Å². The van der Waals surface area contributed by atoms with Crippen LogP contribution in [-0.4, -0.2) is 40.8 Å². The molecule has 6 nitrogen and oxygen atoms in total. The lowest BCUT2D eigenvalue weighted by Crippen LogP contribution is -2.34. The molecule has 31 heavy (non-hydrogen) atoms. The average Bonchev–Trinajstić information content (AvgIpc) is 3.05. The SMILES string of the molecule is [C-]#[N+]c1ccc(-n2c(C)c(C(=O)CN3CCCCC3)c3ccc(CC(N)=O)cc32)cc1. The zero-order valence-corrected chi connectivity index (χ0v) is 17.7. The first kappa shape index (κ1) is 20.8. The maximum Gasteiger partial charge on any atom is 0.221 e. The van der Waals surface area contributed by atoms with Crippen molar-refractivity contribution >= 4 is 28.3 Å². The Morgan fingerprint density at radius 3 is 2.42 bits per heavy atom. The molecule has 0 radical (unpaired) electrons. The average molecular weight is 415 g/mol. The number of hydrogen-bond donors (Lipinski definition) is 1. The first-order chi connectivity index (χ1) is 15.0. The number of carbonyl (C=O) groups is 2. The second kappa shape index (κ2) is 8.75. The summed E-state index contributed by atoms with van der Waals surface area (Å²) in [5.74, 6) is -0.277. The minimum absolute atomic E-state index is 0.114. The van der Waals surface area contributed by atoms with E-state index in [1.54, 1.807) is 12.1 Å². The lowest BCUT2D eigenvalue weighted by molar-refractivity contribution is -0.117. The van der Waals surface area contributed by atoms with Crippen molar-refractivity contribution in [3.05, 3.63) is 70.7 Å². The van der Waals surface area contributed by atoms with Crippen LogP contribution in [0.2, 0.25) is 0 Å². The number of piperidine rings is 1. The summed E-state index contributed by atoms with van der Waals surface area (Å²) in [6.07, 6.45) is 3.65. The van der Waals surface area contributed by atoms with E-state index in [1.165, 1.54) is 6.42 Å². The third kappa shape index (κ3) is 4.23. The van der Waals surface area contributed by atoms with Crippen LogP contribution < -0.4 is 5.73 Å². The van der Waals surface area contributed by atoms with Crippen LogP contribution in [0.5, 0.6) is 0 Å². The minimum atomic E-state index is -0.392. The first-order valence-corrected chi connectivity index (χ1v) is 10.6. The molecule has 1 aliphatic heterocycles. The number of Topliss-reactive ketones (excluding diaryl/α,β-unsaturated/α-hetero) is 1. The van der Waals surface area contributed by atoms with Gasteiger partial charge in [0.2, 0.25) is 5.91 Å². The van der Waals surface area contributed by atoms with Crippen LogP contribution in [0, 0.1) is 13.5 Å². The number of fused-ring (bicyclic) bond motifs is 1. The number of rotatable bonds is 6. The van der Waals surface area contributed by atoms with Crippen molar-refractivity contribution in [2.45, 2.75) is 32.6 Å². The van der Waals surface area contributed by atoms with Gasteiger partial charge in [-0.25, -0.2) is 4.85 Å². The highest BCUT2D eigenvalue weighted by molar-refractivity contribution is 6.11. The molecule has 2 aromatic carbocycles. The summed E-state index contributed by atoms with van der Waals surface area (Å²) in [5, 5.41) is 0.877. The van der Waals surface area contributed by atoms with Crippen molar-refractivity contribution in [1.82, 2.24) is 9.47 Å². The van der Waals surface area contributed by atoms with Gasteiger partial charge in [0, 0.05) is 22.3 Å². The van der Waals surface area contributed by atoms with Gasteiger partial charge in [0.15, 0.2) is 11.5 Å². The fourth-order valence-corrected chi connectivity index (χ4v) is 4.53. The van der Waals surface area contributed by atoms with Gasteiger partial charge in [-0.05, 0) is 56.6 Å². The van der Waals surface area contributed by atoms with E-state index < -0.39 is 5.91 Å². The van der Waals surface area contributed by atoms with Gasteiger partial charge in [0.1, 0.15) is 0 Å². The van der Waals surface area contributed by atoms with E-state index in [9.17, 15) is 9.59 Å². The second-order valence-electron chi connectivity index (χ2n) is 8.18. The second-order valence-corrected chi connectivity index (χ2v) is 8.18. The summed E-state index contributed by atoms with van der Waals surface area (Å²) in [6, 6.07) is 13.1. The Bertz CT molecular complexity index is 1180. The molecular formula is C25H26N4O2. The summed E-state index contributed by atoms with van der Waals surface area (Å²) in [6.45, 7) is 11.5. The number of ketones is 1. The molecule has 1 fully saturated rings. The standard InChI is InChI=1S/C25H26N4O2/c1-17-25(23(30)16-28-12-4-3-5-13-28)21-11-6-18(15-24(26)31)14-22(21)29(17)20-9-7-19(27-2)8-10-20/h6-11,14H,3-5,12-13,15-16H2,1H3,(H2,26,31). The van der Waals surface area contributed by atoms with Gasteiger partial charge in [-0.1, -0.05) is 30.7 Å². The number of aromatic nitrogens is 1. The summed E-state index contributed by atoms with van der Waals surface area (Å²) in [5.41, 5.74) is 10.1. The largest absolute Gasteiger partial charge is 0.369 e. The predicted molar refractivity (Wildman–Crippen MR) is 122 cm³/mol. The Hall–Kier alpha value is -3.43. The van der Waals surface area contributed by atoms with Crippen LogP contribution >= 0.6 is 0 Å². The van der Waals surface area contributed by atoms with Crippen molar-refractivity contribution in [3.63, 3.8) is 0 Å². The summed E-state index contributed by atoms with van der Waals surface area (Å²) in [4.78, 5) is 30.5. The summed E-state index contributed by atoms with van der Waals surface area (Å²) in [7, 11) is 0. The number of nitrogens with two attached hydrogens (primary N) is 1. The lowest BCUT2D eigenvalue weighted by Gasteiger charge is -2.25. The van der Waals surface area contributed by atoms with Crippen LogP contribution in [0.15, 0.2) is 42.5 Å². The number of amides is 1. The highest BCUT2D eigenvalue weighted by atomic mass is 16.1. The lowest BCUT2D eigenvalue weighted by atomic mass is 10.0. The van der Waals surface area contributed by atoms with E-state index in [1.807, 2.05) is 41.8 Å². The third-order valence-corrected chi connectivity index (χ3v) is 5.98. The number of likely N-dealkylation sites (tertiary alicyclic amines) is 1. The van der Waals surface area contributed by atoms with Crippen molar-refractivity contribution < 1.29 is 9.59 Å². The number of hydrogen-bond acceptors (Lipinski definition) is 3. The number of nitrogens with zero attached hydrogens (tertiary/aromatic N) is 3. The maximum absolute atomic E-state index is 13.4. The van der Waals surface area contributed by atoms with E-state index in [2.05, 4.69) is 9.74 Å². The topological polar surface area (TPSA) is 72.7 Å². The van der Waals surface area contributed by atoms with Gasteiger partial charge in [-0.15, -0.1) is 0 Å². The number of primary amides is 1. The number of carbonyl (C=O) groups excluding carboxylic acids is 2. The highest BCUT2D eigenvalue weighted by Crippen LogP contribution is 2.31. The van der Waals surface area contributed by atoms with E-state index in [0.717, 1.165) is 59.3 Å². The molecule has 0 aliphatic carbocycles. The van der Waals surface area contributed by atoms with E-state index in [-0.39, 0.29) is 12.2 Å². The van der Waals surface area contributed by atoms with Crippen molar-refractivity contribution in [1.29, 1.82) is 0 Å². The first-order valence-electron chi connectivity index (χ1n) is 10.6. The molecule has 2 heterocycles. The maximum atomic E-state index is 13.4. The van der Waals surface area contributed by atoms with Crippen molar-refractivity contribution in [2.75, 3.05) is 19.6 Å². The highest BCUT2D eigenvalue weighted by Gasteiger charge is 2.23. The quantitative estimate of drug-likeness (QED) is 0.486. The summed E-state index contributed by atoms with van der Waals surface area (Å²) >= 11 is 0. The predicted octanol–water partition coefficient (Wildman–Crippen LogP) is 4.19. The molecule has 1 saturated heterocycles. The fourth-order valence-electron chi connectivity index (χ4n) is 4.53. The Labute approximate surface area is 182 Å². The molecular weight excluding hydrogens is 388 g/mol. The van der Waals surface area contributed by atoms with Gasteiger partial charge < -0.3 is 10.3 Å². The Balaban J connectivity index is 1.83. The Morgan fingerprint density at radius 1 is 1.06 bits per heavy atom. The molecule has 158 valence electrons. The van der Waals surface area contributed by atoms with Crippen LogP contribution in [-0.2, 0) is 11.2 Å². The van der Waals surface area contributed by atoms with Crippen LogP contribution in [0.1, 0.15) is 40.9 Å². The molecule has 6 heteroatoms. The van der Waals surface area contributed by atoms with Crippen LogP contribution in [0.3, 0.4) is 0 Å². The van der Waals surface area contributed by atoms with E-state index in [0.29, 0.717) is 12.2 Å². The third-order valence-electron chi connectivity index (χ3n) is 5.98. The zero-order valence-electron chi connectivity index (χ0n) is 17.7. The molecule has 2 N–H and O–H groups in total. The van der Waals surface area contributed by atoms with Gasteiger partial charge in [-0.2, -0.15) is 0 Å². The smallest absolute Gasteiger partial charge is 0.221 e. The normalized spacial score (nSPS) is 14.5. The van der Waals surface area contributed by atoms with Crippen LogP contribution in [0.25, 0.3) is 21.4 Å². The molecule has 0 atom stereocenters. The van der Waals surface area contributed by atoms with Crippen molar-refractivity contribution in [3.8, 4) is 5.69 Å². The molecule has 1 amide bonds. The van der Waals surface area contributed by atoms with Crippen molar-refractivity contribution in [2.24, 2.45) is 5.73 Å². The minimum Gasteiger partial charge on any atom is -0.369 e. The van der Waals surface area contributed by atoms with Gasteiger partial charge in [0.25, 0.3) is 0 Å². The van der Waals surface area contributed by atoms with E-state index in [4.69, 9.17) is 12.3 Å².